The van der Waals surface area contributed by atoms with Crippen molar-refractivity contribution in [1.82, 2.24) is 0 Å². The lowest BCUT2D eigenvalue weighted by Gasteiger charge is -2.14. The fourth-order valence-electron chi connectivity index (χ4n) is 3.16. The lowest BCUT2D eigenvalue weighted by molar-refractivity contribution is -0.00540. The highest BCUT2D eigenvalue weighted by Gasteiger charge is 2.29. The van der Waals surface area contributed by atoms with Crippen molar-refractivity contribution in [1.29, 1.82) is 0 Å². The molecular weight excluding hydrogens is 310 g/mol. The highest BCUT2D eigenvalue weighted by Crippen LogP contribution is 2.19. The van der Waals surface area contributed by atoms with Gasteiger partial charge in [0.05, 0.1) is 0 Å². The van der Waals surface area contributed by atoms with Crippen LogP contribution < -0.4 is 0 Å². The van der Waals surface area contributed by atoms with Crippen molar-refractivity contribution in [2.24, 2.45) is 4.99 Å². The van der Waals surface area contributed by atoms with E-state index in [9.17, 15) is 0 Å². The Kier molecular flexibility index (Phi) is 12.8. The molecule has 3 nitrogen and oxygen atoms in total. The summed E-state index contributed by atoms with van der Waals surface area (Å²) in [6.45, 7) is 4.74. The average Bonchev–Trinajstić information content (AvgIpc) is 3.00. The van der Waals surface area contributed by atoms with Crippen molar-refractivity contribution in [3.63, 3.8) is 0 Å². The van der Waals surface area contributed by atoms with Crippen molar-refractivity contribution in [3.8, 4) is 0 Å². The van der Waals surface area contributed by atoms with E-state index in [1.54, 1.807) is 7.11 Å². The van der Waals surface area contributed by atoms with E-state index < -0.39 is 5.72 Å². The molecule has 0 aromatic heterocycles. The third kappa shape index (κ3) is 11.4. The molecule has 0 aliphatic carbocycles. The van der Waals surface area contributed by atoms with Crippen molar-refractivity contribution in [3.05, 3.63) is 12.2 Å². The van der Waals surface area contributed by atoms with E-state index in [4.69, 9.17) is 9.47 Å². The molecule has 0 aromatic rings. The van der Waals surface area contributed by atoms with Crippen LogP contribution in [0.2, 0.25) is 0 Å². The van der Waals surface area contributed by atoms with E-state index in [1.165, 1.54) is 83.5 Å². The molecule has 1 rings (SSSR count). The number of unbranched alkanes of at least 4 members (excludes halogenated alkanes) is 13. The number of hydrogen-bond donors (Lipinski definition) is 0. The van der Waals surface area contributed by atoms with Gasteiger partial charge in [-0.2, -0.15) is 0 Å². The van der Waals surface area contributed by atoms with E-state index >= 15 is 0 Å². The van der Waals surface area contributed by atoms with Gasteiger partial charge in [0.1, 0.15) is 6.61 Å². The Bertz CT molecular complexity index is 378. The smallest absolute Gasteiger partial charge is 0.211 e. The summed E-state index contributed by atoms with van der Waals surface area (Å²) < 4.78 is 10.8. The molecule has 1 aliphatic heterocycles. The molecule has 0 aromatic carbocycles. The van der Waals surface area contributed by atoms with Crippen LogP contribution in [0, 0.1) is 0 Å². The van der Waals surface area contributed by atoms with Crippen LogP contribution in [0.3, 0.4) is 0 Å². The van der Waals surface area contributed by atoms with Crippen LogP contribution in [0.1, 0.15) is 104 Å². The monoisotopic (exact) mass is 351 g/mol. The first-order valence-electron chi connectivity index (χ1n) is 10.6. The molecular formula is C22H41NO2. The largest absolute Gasteiger partial charge is 0.473 e. The van der Waals surface area contributed by atoms with Gasteiger partial charge < -0.3 is 9.47 Å². The van der Waals surface area contributed by atoms with Gasteiger partial charge in [0.15, 0.2) is 5.72 Å². The maximum Gasteiger partial charge on any atom is 0.211 e. The Balaban J connectivity index is 1.83. The first-order valence-corrected chi connectivity index (χ1v) is 10.6. The molecule has 25 heavy (non-hydrogen) atoms. The summed E-state index contributed by atoms with van der Waals surface area (Å²) in [7, 11) is 1.67. The summed E-state index contributed by atoms with van der Waals surface area (Å²) in [5, 5.41) is 0. The molecule has 0 bridgehead atoms. The van der Waals surface area contributed by atoms with Gasteiger partial charge in [-0.3, -0.25) is 0 Å². The number of allylic oxidation sites excluding steroid dienone is 1. The topological polar surface area (TPSA) is 30.8 Å². The van der Waals surface area contributed by atoms with Gasteiger partial charge in [-0.05, 0) is 25.8 Å². The standard InChI is InChI=1S/C22H41NO2/c1-4-5-6-7-8-9-10-11-12-13-14-15-16-17-18-19-21-23-22(2,24-3)20-25-21/h18-19H,4-17,20H2,1-3H3. The summed E-state index contributed by atoms with van der Waals surface area (Å²) >= 11 is 0. The molecule has 146 valence electrons. The fraction of sp³-hybridized carbons (Fsp3) is 0.864. The molecule has 0 radical (unpaired) electrons. The summed E-state index contributed by atoms with van der Waals surface area (Å²) in [5.74, 6) is 0.707. The van der Waals surface area contributed by atoms with Crippen LogP contribution in [0.15, 0.2) is 17.1 Å². The van der Waals surface area contributed by atoms with Crippen LogP contribution in [-0.2, 0) is 9.47 Å². The number of hydrogen-bond acceptors (Lipinski definition) is 3. The second-order valence-corrected chi connectivity index (χ2v) is 7.55. The van der Waals surface area contributed by atoms with Gasteiger partial charge in [0, 0.05) is 7.11 Å². The van der Waals surface area contributed by atoms with E-state index in [1.807, 2.05) is 13.0 Å². The van der Waals surface area contributed by atoms with Gasteiger partial charge >= 0.3 is 0 Å². The van der Waals surface area contributed by atoms with E-state index in [2.05, 4.69) is 18.0 Å². The second kappa shape index (κ2) is 14.4. The lowest BCUT2D eigenvalue weighted by atomic mass is 10.0. The molecule has 0 fully saturated rings. The van der Waals surface area contributed by atoms with Gasteiger partial charge in [-0.1, -0.05) is 90.0 Å². The fourth-order valence-corrected chi connectivity index (χ4v) is 3.16. The maximum absolute atomic E-state index is 5.52. The predicted molar refractivity (Wildman–Crippen MR) is 108 cm³/mol. The summed E-state index contributed by atoms with van der Waals surface area (Å²) in [6.07, 6.45) is 23.5. The number of methoxy groups -OCH3 is 1. The van der Waals surface area contributed by atoms with Gasteiger partial charge in [-0.15, -0.1) is 0 Å². The molecule has 1 heterocycles. The summed E-state index contributed by atoms with van der Waals surface area (Å²) in [5.41, 5.74) is -0.491. The lowest BCUT2D eigenvalue weighted by Crippen LogP contribution is -2.25. The van der Waals surface area contributed by atoms with Gasteiger partial charge in [-0.25, -0.2) is 4.99 Å². The minimum absolute atomic E-state index is 0.491. The van der Waals surface area contributed by atoms with Crippen LogP contribution in [0.25, 0.3) is 0 Å². The Morgan fingerprint density at radius 1 is 0.920 bits per heavy atom. The van der Waals surface area contributed by atoms with Gasteiger partial charge in [0.2, 0.25) is 5.90 Å². The van der Waals surface area contributed by atoms with Crippen molar-refractivity contribution in [2.75, 3.05) is 13.7 Å². The zero-order valence-electron chi connectivity index (χ0n) is 17.0. The number of ether oxygens (including phenoxy) is 2. The number of aliphatic imine (C=N–C) groups is 1. The quantitative estimate of drug-likeness (QED) is 0.286. The zero-order valence-corrected chi connectivity index (χ0v) is 17.0. The Morgan fingerprint density at radius 2 is 1.44 bits per heavy atom. The molecule has 0 spiro atoms. The molecule has 3 heteroatoms. The Labute approximate surface area is 156 Å². The second-order valence-electron chi connectivity index (χ2n) is 7.55. The third-order valence-electron chi connectivity index (χ3n) is 5.01. The number of rotatable bonds is 16. The highest BCUT2D eigenvalue weighted by atomic mass is 16.6. The summed E-state index contributed by atoms with van der Waals surface area (Å²) in [6, 6.07) is 0. The van der Waals surface area contributed by atoms with E-state index in [0.717, 1.165) is 6.42 Å². The minimum atomic E-state index is -0.491. The zero-order chi connectivity index (χ0) is 18.2. The average molecular weight is 352 g/mol. The van der Waals surface area contributed by atoms with Crippen molar-refractivity contribution < 1.29 is 9.47 Å². The van der Waals surface area contributed by atoms with Gasteiger partial charge in [0.25, 0.3) is 0 Å². The third-order valence-corrected chi connectivity index (χ3v) is 5.01. The van der Waals surface area contributed by atoms with Crippen LogP contribution in [0.5, 0.6) is 0 Å². The Hall–Kier alpha value is -0.830. The molecule has 1 unspecified atom stereocenters. The predicted octanol–water partition coefficient (Wildman–Crippen LogP) is 6.82. The minimum Gasteiger partial charge on any atom is -0.473 e. The molecule has 0 N–H and O–H groups in total. The van der Waals surface area contributed by atoms with Crippen LogP contribution in [0.4, 0.5) is 0 Å². The highest BCUT2D eigenvalue weighted by molar-refractivity contribution is 5.89. The van der Waals surface area contributed by atoms with E-state index in [-0.39, 0.29) is 0 Å². The van der Waals surface area contributed by atoms with E-state index in [0.29, 0.717) is 12.5 Å². The molecule has 0 saturated heterocycles. The van der Waals surface area contributed by atoms with Crippen molar-refractivity contribution >= 4 is 5.90 Å². The first kappa shape index (κ1) is 22.2. The molecule has 1 aliphatic rings. The van der Waals surface area contributed by atoms with Crippen LogP contribution in [-0.4, -0.2) is 25.3 Å². The first-order chi connectivity index (χ1) is 12.2. The maximum atomic E-state index is 5.52. The molecule has 0 amide bonds. The molecule has 0 saturated carbocycles. The van der Waals surface area contributed by atoms with Crippen LogP contribution >= 0.6 is 0 Å². The molecule has 1 atom stereocenters. The Morgan fingerprint density at radius 3 is 1.92 bits per heavy atom. The SMILES string of the molecule is CCCCCCCCCCCCCCCC=CC1=NC(C)(OC)CO1. The number of nitrogens with zero attached hydrogens (tertiary/aromatic N) is 1. The summed E-state index contributed by atoms with van der Waals surface area (Å²) in [4.78, 5) is 4.43. The normalized spacial score (nSPS) is 20.2. The van der Waals surface area contributed by atoms with Crippen molar-refractivity contribution in [2.45, 2.75) is 109 Å².